The van der Waals surface area contributed by atoms with E-state index in [-0.39, 0.29) is 33.8 Å². The third-order valence-electron chi connectivity index (χ3n) is 6.54. The molecule has 0 aliphatic carbocycles. The zero-order valence-corrected chi connectivity index (χ0v) is 26.8. The van der Waals surface area contributed by atoms with Crippen molar-refractivity contribution >= 4 is 50.7 Å². The molecule has 0 saturated carbocycles. The highest BCUT2D eigenvalue weighted by atomic mass is 35.5. The summed E-state index contributed by atoms with van der Waals surface area (Å²) in [6.07, 6.45) is 0. The number of nitrogens with zero attached hydrogens (tertiary/aromatic N) is 2. The van der Waals surface area contributed by atoms with Crippen molar-refractivity contribution in [2.45, 2.75) is 38.3 Å². The van der Waals surface area contributed by atoms with Crippen LogP contribution in [0.25, 0.3) is 0 Å². The van der Waals surface area contributed by atoms with Crippen LogP contribution in [-0.4, -0.2) is 58.5 Å². The normalized spacial score (nSPS) is 12.0. The molecule has 0 bridgehead atoms. The van der Waals surface area contributed by atoms with Gasteiger partial charge in [-0.15, -0.1) is 0 Å². The van der Waals surface area contributed by atoms with Crippen LogP contribution in [0.2, 0.25) is 10.0 Å². The van der Waals surface area contributed by atoms with Crippen LogP contribution in [0.15, 0.2) is 65.6 Å². The molecule has 0 spiro atoms. The maximum atomic E-state index is 14.0. The smallest absolute Gasteiger partial charge is 0.264 e. The third-order valence-corrected chi connectivity index (χ3v) is 8.90. The summed E-state index contributed by atoms with van der Waals surface area (Å²) in [7, 11) is -1.65. The molecule has 0 aliphatic rings. The van der Waals surface area contributed by atoms with Gasteiger partial charge in [-0.05, 0) is 66.9 Å². The Morgan fingerprint density at radius 3 is 2.16 bits per heavy atom. The van der Waals surface area contributed by atoms with Gasteiger partial charge in [0.25, 0.3) is 10.0 Å². The van der Waals surface area contributed by atoms with Gasteiger partial charge < -0.3 is 19.7 Å². The number of ether oxygens (including phenoxy) is 2. The van der Waals surface area contributed by atoms with Gasteiger partial charge in [0.2, 0.25) is 11.8 Å². The van der Waals surface area contributed by atoms with E-state index in [0.717, 1.165) is 16.4 Å². The van der Waals surface area contributed by atoms with Gasteiger partial charge in [-0.25, -0.2) is 12.8 Å². The predicted octanol–water partition coefficient (Wildman–Crippen LogP) is 5.53. The second kappa shape index (κ2) is 14.8. The van der Waals surface area contributed by atoms with Crippen LogP contribution in [-0.2, 0) is 26.2 Å². The van der Waals surface area contributed by atoms with Gasteiger partial charge in [-0.3, -0.25) is 13.9 Å². The first kappa shape index (κ1) is 34.0. The molecule has 2 amide bonds. The van der Waals surface area contributed by atoms with E-state index >= 15 is 0 Å². The fraction of sp³-hybridized carbons (Fsp3) is 0.333. The highest BCUT2D eigenvalue weighted by Crippen LogP contribution is 2.32. The molecule has 0 heterocycles. The van der Waals surface area contributed by atoms with Gasteiger partial charge >= 0.3 is 0 Å². The van der Waals surface area contributed by atoms with E-state index in [1.807, 2.05) is 13.8 Å². The zero-order chi connectivity index (χ0) is 31.9. The summed E-state index contributed by atoms with van der Waals surface area (Å²) >= 11 is 12.5. The minimum absolute atomic E-state index is 0.0333. The van der Waals surface area contributed by atoms with E-state index in [0.29, 0.717) is 22.9 Å². The van der Waals surface area contributed by atoms with Gasteiger partial charge in [-0.1, -0.05) is 43.1 Å². The minimum atomic E-state index is -4.42. The van der Waals surface area contributed by atoms with Crippen LogP contribution < -0.4 is 19.1 Å². The molecule has 3 aromatic rings. The topological polar surface area (TPSA) is 105 Å². The average molecular weight is 655 g/mol. The first-order valence-electron chi connectivity index (χ1n) is 13.3. The van der Waals surface area contributed by atoms with Gasteiger partial charge in [-0.2, -0.15) is 0 Å². The lowest BCUT2D eigenvalue weighted by molar-refractivity contribution is -0.139. The highest BCUT2D eigenvalue weighted by molar-refractivity contribution is 7.92. The molecule has 3 rings (SSSR count). The van der Waals surface area contributed by atoms with Gasteiger partial charge in [0.05, 0.1) is 24.8 Å². The van der Waals surface area contributed by atoms with Crippen LogP contribution in [0.1, 0.15) is 26.3 Å². The average Bonchev–Trinajstić information content (AvgIpc) is 2.97. The number of hydrogen-bond acceptors (Lipinski definition) is 6. The second-order valence-electron chi connectivity index (χ2n) is 10.1. The first-order chi connectivity index (χ1) is 20.3. The number of nitrogens with one attached hydrogen (secondary N) is 1. The van der Waals surface area contributed by atoms with E-state index in [4.69, 9.17) is 32.7 Å². The lowest BCUT2D eigenvalue weighted by Crippen LogP contribution is -2.51. The SMILES string of the molecule is COc1ccc(S(=O)(=O)N(CC(=O)N(Cc2ccc(Cl)cc2Cl)C(C)C(=O)NCC(C)C)c2ccc(F)cc2)cc1OC. The molecule has 9 nitrogen and oxygen atoms in total. The largest absolute Gasteiger partial charge is 0.493 e. The predicted molar refractivity (Wildman–Crippen MR) is 165 cm³/mol. The molecule has 1 unspecified atom stereocenters. The van der Waals surface area contributed by atoms with Crippen LogP contribution >= 0.6 is 23.2 Å². The molecule has 1 atom stereocenters. The summed E-state index contributed by atoms with van der Waals surface area (Å²) in [5, 5.41) is 3.47. The molecule has 0 aromatic heterocycles. The Morgan fingerprint density at radius 1 is 0.930 bits per heavy atom. The molecule has 13 heteroatoms. The Bertz CT molecular complexity index is 1550. The fourth-order valence-corrected chi connectivity index (χ4v) is 6.01. The molecule has 3 aromatic carbocycles. The maximum Gasteiger partial charge on any atom is 0.264 e. The van der Waals surface area contributed by atoms with Crippen LogP contribution in [0, 0.1) is 11.7 Å². The van der Waals surface area contributed by atoms with E-state index in [1.54, 1.807) is 19.1 Å². The summed E-state index contributed by atoms with van der Waals surface area (Å²) in [6.45, 7) is 4.96. The van der Waals surface area contributed by atoms with Crippen molar-refractivity contribution < 1.29 is 31.9 Å². The third kappa shape index (κ3) is 8.52. The van der Waals surface area contributed by atoms with Gasteiger partial charge in [0, 0.05) is 29.2 Å². The highest BCUT2D eigenvalue weighted by Gasteiger charge is 2.33. The van der Waals surface area contributed by atoms with E-state index < -0.39 is 40.2 Å². The number of hydrogen-bond donors (Lipinski definition) is 1. The summed E-state index contributed by atoms with van der Waals surface area (Å²) in [5.41, 5.74) is 0.532. The fourth-order valence-electron chi connectivity index (χ4n) is 4.11. The summed E-state index contributed by atoms with van der Waals surface area (Å²) < 4.78 is 53.2. The van der Waals surface area contributed by atoms with Gasteiger partial charge in [0.15, 0.2) is 11.5 Å². The van der Waals surface area contributed by atoms with Crippen molar-refractivity contribution in [1.82, 2.24) is 10.2 Å². The molecule has 1 N–H and O–H groups in total. The number of carbonyl (C=O) groups excluding carboxylic acids is 2. The van der Waals surface area contributed by atoms with E-state index in [9.17, 15) is 22.4 Å². The first-order valence-corrected chi connectivity index (χ1v) is 15.5. The van der Waals surface area contributed by atoms with Crippen molar-refractivity contribution in [2.24, 2.45) is 5.92 Å². The standard InChI is InChI=1S/C30H34Cl2FN3O6S/c1-19(2)16-34-30(38)20(3)35(17-21-6-7-22(31)14-26(21)32)29(37)18-36(24-10-8-23(33)9-11-24)43(39,40)25-12-13-27(41-4)28(15-25)42-5/h6-15,19-20H,16-18H2,1-5H3,(H,34,38). The molecule has 43 heavy (non-hydrogen) atoms. The summed E-state index contributed by atoms with van der Waals surface area (Å²) in [5.74, 6) is -1.10. The zero-order valence-electron chi connectivity index (χ0n) is 24.4. The summed E-state index contributed by atoms with van der Waals surface area (Å²) in [4.78, 5) is 28.2. The Balaban J connectivity index is 2.07. The Hall–Kier alpha value is -3.54. The Morgan fingerprint density at radius 2 is 1.58 bits per heavy atom. The molecule has 0 aliphatic heterocycles. The number of rotatable bonds is 13. The number of halogens is 3. The Kier molecular flexibility index (Phi) is 11.7. The molecule has 0 radical (unpaired) electrons. The van der Waals surface area contributed by atoms with E-state index in [2.05, 4.69) is 5.32 Å². The van der Waals surface area contributed by atoms with Crippen molar-refractivity contribution in [3.05, 3.63) is 82.1 Å². The van der Waals surface area contributed by atoms with Crippen molar-refractivity contribution in [3.63, 3.8) is 0 Å². The lowest BCUT2D eigenvalue weighted by Gasteiger charge is -2.32. The minimum Gasteiger partial charge on any atom is -0.493 e. The molecule has 232 valence electrons. The number of benzene rings is 3. The molecule has 0 saturated heterocycles. The number of amides is 2. The monoisotopic (exact) mass is 653 g/mol. The quantitative estimate of drug-likeness (QED) is 0.260. The lowest BCUT2D eigenvalue weighted by atomic mass is 10.1. The Labute approximate surface area is 261 Å². The van der Waals surface area contributed by atoms with Crippen LogP contribution in [0.3, 0.4) is 0 Å². The van der Waals surface area contributed by atoms with Crippen molar-refractivity contribution in [1.29, 1.82) is 0 Å². The number of carbonyl (C=O) groups is 2. The molecular weight excluding hydrogens is 620 g/mol. The summed E-state index contributed by atoms with van der Waals surface area (Å²) in [6, 6.07) is 12.4. The second-order valence-corrected chi connectivity index (χ2v) is 12.8. The van der Waals surface area contributed by atoms with Crippen LogP contribution in [0.5, 0.6) is 11.5 Å². The number of anilines is 1. The van der Waals surface area contributed by atoms with Gasteiger partial charge in [0.1, 0.15) is 18.4 Å². The molecule has 0 fully saturated rings. The van der Waals surface area contributed by atoms with E-state index in [1.165, 1.54) is 55.5 Å². The maximum absolute atomic E-state index is 14.0. The van der Waals surface area contributed by atoms with Crippen molar-refractivity contribution in [3.8, 4) is 11.5 Å². The molecular formula is C30H34Cl2FN3O6S. The van der Waals surface area contributed by atoms with Crippen molar-refractivity contribution in [2.75, 3.05) is 31.6 Å². The number of sulfonamides is 1. The van der Waals surface area contributed by atoms with Crippen LogP contribution in [0.4, 0.5) is 10.1 Å². The number of methoxy groups -OCH3 is 2.